The molecule has 0 aliphatic heterocycles. The zero-order valence-corrected chi connectivity index (χ0v) is 10.5. The minimum absolute atomic E-state index is 0.464. The van der Waals surface area contributed by atoms with Gasteiger partial charge in [-0.05, 0) is 29.7 Å². The maximum absolute atomic E-state index is 9.99. The van der Waals surface area contributed by atoms with Crippen molar-refractivity contribution in [3.8, 4) is 0 Å². The molecule has 94 valence electrons. The lowest BCUT2D eigenvalue weighted by Gasteiger charge is -2.12. The van der Waals surface area contributed by atoms with Gasteiger partial charge in [-0.1, -0.05) is 30.3 Å². The summed E-state index contributed by atoms with van der Waals surface area (Å²) in [4.78, 5) is 4.06. The van der Waals surface area contributed by atoms with Gasteiger partial charge in [0.2, 0.25) is 0 Å². The molecule has 1 atom stereocenters. The van der Waals surface area contributed by atoms with Crippen molar-refractivity contribution in [3.63, 3.8) is 0 Å². The van der Waals surface area contributed by atoms with E-state index in [2.05, 4.69) is 10.3 Å². The largest absolute Gasteiger partial charge is 0.387 e. The van der Waals surface area contributed by atoms with Crippen molar-refractivity contribution < 1.29 is 5.11 Å². The van der Waals surface area contributed by atoms with Crippen LogP contribution in [0.2, 0.25) is 0 Å². The topological polar surface area (TPSA) is 45.2 Å². The van der Waals surface area contributed by atoms with Crippen LogP contribution in [0.1, 0.15) is 22.8 Å². The van der Waals surface area contributed by atoms with Crippen molar-refractivity contribution in [2.45, 2.75) is 19.6 Å². The van der Waals surface area contributed by atoms with Crippen LogP contribution in [-0.4, -0.2) is 16.6 Å². The van der Waals surface area contributed by atoms with Crippen LogP contribution < -0.4 is 5.32 Å². The highest BCUT2D eigenvalue weighted by Gasteiger charge is 2.06. The zero-order valence-electron chi connectivity index (χ0n) is 10.5. The number of aliphatic hydroxyl groups is 1. The second kappa shape index (κ2) is 6.28. The summed E-state index contributed by atoms with van der Waals surface area (Å²) in [6, 6.07) is 11.7. The van der Waals surface area contributed by atoms with Crippen LogP contribution in [0.15, 0.2) is 48.8 Å². The molecular weight excluding hydrogens is 224 g/mol. The van der Waals surface area contributed by atoms with E-state index in [1.54, 1.807) is 6.20 Å². The van der Waals surface area contributed by atoms with E-state index in [1.807, 2.05) is 49.5 Å². The third-order valence-corrected chi connectivity index (χ3v) is 2.97. The minimum Gasteiger partial charge on any atom is -0.387 e. The molecule has 1 aromatic carbocycles. The molecule has 0 bridgehead atoms. The van der Waals surface area contributed by atoms with Gasteiger partial charge >= 0.3 is 0 Å². The first-order chi connectivity index (χ1) is 8.77. The highest BCUT2D eigenvalue weighted by molar-refractivity contribution is 5.21. The number of nitrogens with one attached hydrogen (secondary N) is 1. The van der Waals surface area contributed by atoms with E-state index >= 15 is 0 Å². The van der Waals surface area contributed by atoms with E-state index in [0.29, 0.717) is 6.54 Å². The van der Waals surface area contributed by atoms with E-state index in [4.69, 9.17) is 0 Å². The third-order valence-electron chi connectivity index (χ3n) is 2.97. The van der Waals surface area contributed by atoms with E-state index in [9.17, 15) is 5.11 Å². The van der Waals surface area contributed by atoms with Gasteiger partial charge in [-0.3, -0.25) is 4.98 Å². The van der Waals surface area contributed by atoms with Crippen LogP contribution in [-0.2, 0) is 6.54 Å². The molecule has 0 spiro atoms. The smallest absolute Gasteiger partial charge is 0.0914 e. The summed E-state index contributed by atoms with van der Waals surface area (Å²) in [5.41, 5.74) is 3.32. The fraction of sp³-hybridized carbons (Fsp3) is 0.267. The molecule has 0 radical (unpaired) electrons. The van der Waals surface area contributed by atoms with Gasteiger partial charge in [0, 0.05) is 25.5 Å². The second-order valence-electron chi connectivity index (χ2n) is 4.36. The number of rotatable bonds is 5. The summed E-state index contributed by atoms with van der Waals surface area (Å²) in [5, 5.41) is 13.3. The Bertz CT molecular complexity index is 485. The number of pyridine rings is 1. The summed E-state index contributed by atoms with van der Waals surface area (Å²) >= 11 is 0. The number of aromatic nitrogens is 1. The predicted molar refractivity (Wildman–Crippen MR) is 72.1 cm³/mol. The standard InChI is InChI=1S/C15H18N2O/c1-12-9-16-8-7-14(12)10-17-11-15(18)13-5-3-2-4-6-13/h2-9,15,17-18H,10-11H2,1H3. The van der Waals surface area contributed by atoms with E-state index in [1.165, 1.54) is 11.1 Å². The first-order valence-corrected chi connectivity index (χ1v) is 6.10. The Morgan fingerprint density at radius 2 is 2.00 bits per heavy atom. The van der Waals surface area contributed by atoms with Gasteiger partial charge in [0.25, 0.3) is 0 Å². The second-order valence-corrected chi connectivity index (χ2v) is 4.36. The Morgan fingerprint density at radius 3 is 2.72 bits per heavy atom. The van der Waals surface area contributed by atoms with Crippen molar-refractivity contribution in [2.24, 2.45) is 0 Å². The monoisotopic (exact) mass is 242 g/mol. The minimum atomic E-state index is -0.464. The molecule has 3 nitrogen and oxygen atoms in total. The van der Waals surface area contributed by atoms with Crippen LogP contribution in [0.4, 0.5) is 0 Å². The maximum atomic E-state index is 9.99. The molecule has 0 saturated heterocycles. The fourth-order valence-corrected chi connectivity index (χ4v) is 1.84. The third kappa shape index (κ3) is 3.39. The van der Waals surface area contributed by atoms with Crippen LogP contribution >= 0.6 is 0 Å². The molecule has 0 saturated carbocycles. The van der Waals surface area contributed by atoms with Gasteiger partial charge in [0.05, 0.1) is 6.10 Å². The molecular formula is C15H18N2O. The molecule has 1 aromatic heterocycles. The molecule has 0 amide bonds. The van der Waals surface area contributed by atoms with Gasteiger partial charge in [-0.15, -0.1) is 0 Å². The highest BCUT2D eigenvalue weighted by atomic mass is 16.3. The average molecular weight is 242 g/mol. The van der Waals surface area contributed by atoms with E-state index in [0.717, 1.165) is 12.1 Å². The van der Waals surface area contributed by atoms with Gasteiger partial charge in [-0.25, -0.2) is 0 Å². The molecule has 1 heterocycles. The lowest BCUT2D eigenvalue weighted by Crippen LogP contribution is -2.21. The molecule has 18 heavy (non-hydrogen) atoms. The molecule has 2 aromatic rings. The SMILES string of the molecule is Cc1cnccc1CNCC(O)c1ccccc1. The number of nitrogens with zero attached hydrogens (tertiary/aromatic N) is 1. The first kappa shape index (κ1) is 12.7. The zero-order chi connectivity index (χ0) is 12.8. The van der Waals surface area contributed by atoms with Crippen molar-refractivity contribution in [2.75, 3.05) is 6.54 Å². The summed E-state index contributed by atoms with van der Waals surface area (Å²) in [6.07, 6.45) is 3.18. The van der Waals surface area contributed by atoms with Crippen LogP contribution in [0.3, 0.4) is 0 Å². The van der Waals surface area contributed by atoms with E-state index in [-0.39, 0.29) is 0 Å². The van der Waals surface area contributed by atoms with Crippen LogP contribution in [0, 0.1) is 6.92 Å². The van der Waals surface area contributed by atoms with Crippen LogP contribution in [0.25, 0.3) is 0 Å². The Kier molecular flexibility index (Phi) is 4.45. The van der Waals surface area contributed by atoms with Crippen LogP contribution in [0.5, 0.6) is 0 Å². The molecule has 2 rings (SSSR count). The first-order valence-electron chi connectivity index (χ1n) is 6.10. The summed E-state index contributed by atoms with van der Waals surface area (Å²) in [5.74, 6) is 0. The van der Waals surface area contributed by atoms with Gasteiger partial charge in [0.1, 0.15) is 0 Å². The molecule has 0 fully saturated rings. The predicted octanol–water partition coefficient (Wildman–Crippen LogP) is 2.21. The van der Waals surface area contributed by atoms with Crippen molar-refractivity contribution in [1.29, 1.82) is 0 Å². The number of aliphatic hydroxyl groups excluding tert-OH is 1. The summed E-state index contributed by atoms with van der Waals surface area (Å²) < 4.78 is 0. The summed E-state index contributed by atoms with van der Waals surface area (Å²) in [7, 11) is 0. The molecule has 0 aliphatic rings. The van der Waals surface area contributed by atoms with Crippen molar-refractivity contribution in [3.05, 3.63) is 65.5 Å². The van der Waals surface area contributed by atoms with Gasteiger partial charge < -0.3 is 10.4 Å². The quantitative estimate of drug-likeness (QED) is 0.845. The Labute approximate surface area is 108 Å². The van der Waals surface area contributed by atoms with Crippen molar-refractivity contribution in [1.82, 2.24) is 10.3 Å². The molecule has 1 unspecified atom stereocenters. The number of hydrogen-bond acceptors (Lipinski definition) is 3. The Balaban J connectivity index is 1.84. The molecule has 3 heteroatoms. The lowest BCUT2D eigenvalue weighted by molar-refractivity contribution is 0.174. The molecule has 0 aliphatic carbocycles. The maximum Gasteiger partial charge on any atom is 0.0914 e. The number of hydrogen-bond donors (Lipinski definition) is 2. The number of aryl methyl sites for hydroxylation is 1. The fourth-order valence-electron chi connectivity index (χ4n) is 1.84. The number of benzene rings is 1. The van der Waals surface area contributed by atoms with Crippen molar-refractivity contribution >= 4 is 0 Å². The van der Waals surface area contributed by atoms with E-state index < -0.39 is 6.10 Å². The lowest BCUT2D eigenvalue weighted by atomic mass is 10.1. The Morgan fingerprint density at radius 1 is 1.22 bits per heavy atom. The Hall–Kier alpha value is -1.71. The van der Waals surface area contributed by atoms with Gasteiger partial charge in [-0.2, -0.15) is 0 Å². The average Bonchev–Trinajstić information content (AvgIpc) is 2.42. The highest BCUT2D eigenvalue weighted by Crippen LogP contribution is 2.11. The molecule has 2 N–H and O–H groups in total. The van der Waals surface area contributed by atoms with Gasteiger partial charge in [0.15, 0.2) is 0 Å². The normalized spacial score (nSPS) is 12.3. The summed E-state index contributed by atoms with van der Waals surface area (Å²) in [6.45, 7) is 3.33.